The number of nitrogens with one attached hydrogen (secondary N) is 1. The second-order valence-electron chi connectivity index (χ2n) is 3.87. The van der Waals surface area contributed by atoms with Crippen molar-refractivity contribution in [2.75, 3.05) is 18.9 Å². The van der Waals surface area contributed by atoms with Crippen LogP contribution in [0.3, 0.4) is 0 Å². The molecule has 1 heterocycles. The molecule has 0 unspecified atom stereocenters. The van der Waals surface area contributed by atoms with E-state index in [0.29, 0.717) is 22.1 Å². The van der Waals surface area contributed by atoms with Gasteiger partial charge in [-0.05, 0) is 13.3 Å². The Bertz CT molecular complexity index is 393. The molecule has 0 aliphatic carbocycles. The summed E-state index contributed by atoms with van der Waals surface area (Å²) in [5.74, 6) is -0.373. The molecule has 0 aromatic carbocycles. The minimum Gasteiger partial charge on any atom is -0.394 e. The SMILES string of the molecule is CCC(CO)(CO)NC(=O)c1sc(N)nc1C. The maximum Gasteiger partial charge on any atom is 0.263 e. The fourth-order valence-electron chi connectivity index (χ4n) is 1.37. The van der Waals surface area contributed by atoms with E-state index in [9.17, 15) is 15.0 Å². The number of amides is 1. The first-order valence-electron chi connectivity index (χ1n) is 5.25. The molecule has 1 amide bonds. The molecule has 0 spiro atoms. The lowest BCUT2D eigenvalue weighted by Gasteiger charge is -2.29. The predicted octanol–water partition coefficient (Wildman–Crippen LogP) is -0.103. The van der Waals surface area contributed by atoms with Crippen LogP contribution in [-0.2, 0) is 0 Å². The number of nitrogens with two attached hydrogens (primary N) is 1. The number of hydrogen-bond donors (Lipinski definition) is 4. The minimum absolute atomic E-state index is 0.320. The van der Waals surface area contributed by atoms with E-state index in [4.69, 9.17) is 5.73 Å². The van der Waals surface area contributed by atoms with Crippen LogP contribution in [0.5, 0.6) is 0 Å². The molecule has 0 bridgehead atoms. The molecule has 0 fully saturated rings. The zero-order valence-corrected chi connectivity index (χ0v) is 10.7. The summed E-state index contributed by atoms with van der Waals surface area (Å²) in [5, 5.41) is 21.4. The van der Waals surface area contributed by atoms with Gasteiger partial charge in [0.1, 0.15) is 4.88 Å². The Labute approximate surface area is 103 Å². The van der Waals surface area contributed by atoms with Crippen LogP contribution < -0.4 is 11.1 Å². The maximum atomic E-state index is 12.0. The molecule has 96 valence electrons. The third-order valence-electron chi connectivity index (χ3n) is 2.68. The average molecular weight is 259 g/mol. The Morgan fingerprint density at radius 1 is 1.53 bits per heavy atom. The molecule has 0 saturated heterocycles. The lowest BCUT2D eigenvalue weighted by atomic mass is 9.98. The number of anilines is 1. The molecule has 0 radical (unpaired) electrons. The van der Waals surface area contributed by atoms with Gasteiger partial charge in [0, 0.05) is 0 Å². The normalized spacial score (nSPS) is 11.5. The Hall–Kier alpha value is -1.18. The van der Waals surface area contributed by atoms with Crippen molar-refractivity contribution >= 4 is 22.4 Å². The number of aromatic nitrogens is 1. The van der Waals surface area contributed by atoms with Crippen LogP contribution >= 0.6 is 11.3 Å². The van der Waals surface area contributed by atoms with Crippen LogP contribution in [0.25, 0.3) is 0 Å². The van der Waals surface area contributed by atoms with Gasteiger partial charge in [-0.1, -0.05) is 18.3 Å². The second kappa shape index (κ2) is 5.44. The number of carbonyl (C=O) groups excluding carboxylic acids is 1. The first-order valence-corrected chi connectivity index (χ1v) is 6.06. The van der Waals surface area contributed by atoms with Gasteiger partial charge in [-0.25, -0.2) is 4.98 Å². The zero-order chi connectivity index (χ0) is 13.1. The first kappa shape index (κ1) is 13.9. The Kier molecular flexibility index (Phi) is 4.44. The molecular formula is C10H17N3O3S. The van der Waals surface area contributed by atoms with Gasteiger partial charge < -0.3 is 21.3 Å². The quantitative estimate of drug-likeness (QED) is 0.590. The third kappa shape index (κ3) is 2.93. The fraction of sp³-hybridized carbons (Fsp3) is 0.600. The molecule has 0 aliphatic heterocycles. The Balaban J connectivity index is 2.88. The molecule has 5 N–H and O–H groups in total. The first-order chi connectivity index (χ1) is 7.98. The Morgan fingerprint density at radius 2 is 2.12 bits per heavy atom. The number of rotatable bonds is 5. The summed E-state index contributed by atoms with van der Waals surface area (Å²) in [5.41, 5.74) is 5.06. The lowest BCUT2D eigenvalue weighted by Crippen LogP contribution is -2.53. The van der Waals surface area contributed by atoms with Crippen molar-refractivity contribution < 1.29 is 15.0 Å². The van der Waals surface area contributed by atoms with Crippen molar-refractivity contribution in [2.24, 2.45) is 0 Å². The number of hydrogen-bond acceptors (Lipinski definition) is 6. The summed E-state index contributed by atoms with van der Waals surface area (Å²) in [7, 11) is 0. The van der Waals surface area contributed by atoms with Crippen molar-refractivity contribution in [3.63, 3.8) is 0 Å². The molecule has 6 nitrogen and oxygen atoms in total. The molecule has 1 rings (SSSR count). The summed E-state index contributed by atoms with van der Waals surface area (Å²) in [6, 6.07) is 0. The highest BCUT2D eigenvalue weighted by atomic mass is 32.1. The van der Waals surface area contributed by atoms with Crippen LogP contribution in [0.4, 0.5) is 5.13 Å². The second-order valence-corrected chi connectivity index (χ2v) is 4.90. The Morgan fingerprint density at radius 3 is 2.47 bits per heavy atom. The summed E-state index contributed by atoms with van der Waals surface area (Å²) in [6.07, 6.45) is 0.430. The number of aliphatic hydroxyl groups is 2. The summed E-state index contributed by atoms with van der Waals surface area (Å²) in [6.45, 7) is 2.83. The van der Waals surface area contributed by atoms with E-state index in [2.05, 4.69) is 10.3 Å². The number of aliphatic hydroxyl groups excluding tert-OH is 2. The van der Waals surface area contributed by atoms with Crippen LogP contribution in [0.15, 0.2) is 0 Å². The molecule has 1 aromatic rings. The van der Waals surface area contributed by atoms with Crippen LogP contribution in [0.2, 0.25) is 0 Å². The molecule has 0 atom stereocenters. The van der Waals surface area contributed by atoms with Crippen LogP contribution in [-0.4, -0.2) is 39.9 Å². The van der Waals surface area contributed by atoms with Gasteiger partial charge in [0.05, 0.1) is 24.4 Å². The van der Waals surface area contributed by atoms with Gasteiger partial charge in [0.25, 0.3) is 5.91 Å². The van der Waals surface area contributed by atoms with E-state index in [0.717, 1.165) is 11.3 Å². The van der Waals surface area contributed by atoms with Gasteiger partial charge in [0.15, 0.2) is 5.13 Å². The van der Waals surface area contributed by atoms with Crippen molar-refractivity contribution in [1.29, 1.82) is 0 Å². The number of nitrogen functional groups attached to an aromatic ring is 1. The van der Waals surface area contributed by atoms with E-state index < -0.39 is 5.54 Å². The van der Waals surface area contributed by atoms with Gasteiger partial charge >= 0.3 is 0 Å². The predicted molar refractivity (Wildman–Crippen MR) is 65.9 cm³/mol. The average Bonchev–Trinajstić information content (AvgIpc) is 2.65. The lowest BCUT2D eigenvalue weighted by molar-refractivity contribution is 0.0655. The van der Waals surface area contributed by atoms with Gasteiger partial charge in [0.2, 0.25) is 0 Å². The van der Waals surface area contributed by atoms with Crippen LogP contribution in [0.1, 0.15) is 28.7 Å². The number of aryl methyl sites for hydroxylation is 1. The number of carbonyl (C=O) groups is 1. The molecule has 0 aliphatic rings. The van der Waals surface area contributed by atoms with Crippen molar-refractivity contribution in [3.05, 3.63) is 10.6 Å². The molecule has 1 aromatic heterocycles. The minimum atomic E-state index is -0.998. The van der Waals surface area contributed by atoms with Crippen molar-refractivity contribution in [1.82, 2.24) is 10.3 Å². The van der Waals surface area contributed by atoms with Crippen LogP contribution in [0, 0.1) is 6.92 Å². The summed E-state index contributed by atoms with van der Waals surface area (Å²) >= 11 is 1.09. The smallest absolute Gasteiger partial charge is 0.263 e. The summed E-state index contributed by atoms with van der Waals surface area (Å²) < 4.78 is 0. The monoisotopic (exact) mass is 259 g/mol. The van der Waals surface area contributed by atoms with Crippen molar-refractivity contribution in [3.8, 4) is 0 Å². The summed E-state index contributed by atoms with van der Waals surface area (Å²) in [4.78, 5) is 16.3. The van der Waals surface area contributed by atoms with E-state index in [1.54, 1.807) is 13.8 Å². The molecular weight excluding hydrogens is 242 g/mol. The van der Waals surface area contributed by atoms with Gasteiger partial charge in [-0.3, -0.25) is 4.79 Å². The zero-order valence-electron chi connectivity index (χ0n) is 9.86. The highest BCUT2D eigenvalue weighted by molar-refractivity contribution is 7.17. The maximum absolute atomic E-state index is 12.0. The molecule has 0 saturated carbocycles. The highest BCUT2D eigenvalue weighted by Crippen LogP contribution is 2.20. The van der Waals surface area contributed by atoms with Crippen molar-refractivity contribution in [2.45, 2.75) is 25.8 Å². The van der Waals surface area contributed by atoms with E-state index in [1.807, 2.05) is 0 Å². The topological polar surface area (TPSA) is 108 Å². The van der Waals surface area contributed by atoms with Gasteiger partial charge in [-0.2, -0.15) is 0 Å². The third-order valence-corrected chi connectivity index (χ3v) is 3.67. The number of nitrogens with zero attached hydrogens (tertiary/aromatic N) is 1. The molecule has 7 heteroatoms. The van der Waals surface area contributed by atoms with E-state index in [1.165, 1.54) is 0 Å². The molecule has 17 heavy (non-hydrogen) atoms. The fourth-order valence-corrected chi connectivity index (χ4v) is 2.10. The number of thiazole rings is 1. The standard InChI is InChI=1S/C10H17N3O3S/c1-3-10(4-14,5-15)13-8(16)7-6(2)12-9(11)17-7/h14-15H,3-5H2,1-2H3,(H2,11,12)(H,13,16). The van der Waals surface area contributed by atoms with Gasteiger partial charge in [-0.15, -0.1) is 0 Å². The van der Waals surface area contributed by atoms with E-state index in [-0.39, 0.29) is 19.1 Å². The largest absolute Gasteiger partial charge is 0.394 e. The highest BCUT2D eigenvalue weighted by Gasteiger charge is 2.30. The van der Waals surface area contributed by atoms with E-state index >= 15 is 0 Å².